The monoisotopic (exact) mass is 235 g/mol. The van der Waals surface area contributed by atoms with Gasteiger partial charge in [-0.25, -0.2) is 0 Å². The molecule has 1 heterocycles. The number of hydrogen-bond acceptors (Lipinski definition) is 3. The maximum absolute atomic E-state index is 11.9. The van der Waals surface area contributed by atoms with Crippen LogP contribution in [0.1, 0.15) is 24.2 Å². The topological polar surface area (TPSA) is 62.3 Å². The van der Waals surface area contributed by atoms with Crippen molar-refractivity contribution in [2.24, 2.45) is 0 Å². The highest BCUT2D eigenvalue weighted by Gasteiger charge is 2.14. The van der Waals surface area contributed by atoms with Crippen LogP contribution in [0.25, 0.3) is 0 Å². The summed E-state index contributed by atoms with van der Waals surface area (Å²) in [6.45, 7) is 3.80. The highest BCUT2D eigenvalue weighted by molar-refractivity contribution is 5.96. The van der Waals surface area contributed by atoms with E-state index in [1.54, 1.807) is 25.4 Å². The number of nitrogens with one attached hydrogen (secondary N) is 1. The molecule has 0 aliphatic carbocycles. The number of nitrogens with zero attached hydrogens (tertiary/aromatic N) is 2. The smallest absolute Gasteiger partial charge is 0.255 e. The molecule has 1 aromatic rings. The fourth-order valence-corrected chi connectivity index (χ4v) is 1.36. The molecule has 0 radical (unpaired) electrons. The first-order valence-corrected chi connectivity index (χ1v) is 5.45. The third kappa shape index (κ3) is 4.22. The zero-order valence-electron chi connectivity index (χ0n) is 10.3. The highest BCUT2D eigenvalue weighted by Crippen LogP contribution is 2.00. The Morgan fingerprint density at radius 2 is 2.18 bits per heavy atom. The first-order valence-electron chi connectivity index (χ1n) is 5.45. The van der Waals surface area contributed by atoms with E-state index in [1.165, 1.54) is 11.1 Å². The van der Waals surface area contributed by atoms with Crippen LogP contribution >= 0.6 is 0 Å². The number of likely N-dealkylation sites (N-methyl/N-ethyl adjacent to an activating group) is 1. The molecule has 0 saturated carbocycles. The van der Waals surface area contributed by atoms with Gasteiger partial charge >= 0.3 is 0 Å². The number of hydrogen-bond donors (Lipinski definition) is 1. The first kappa shape index (κ1) is 13.2. The van der Waals surface area contributed by atoms with Gasteiger partial charge in [0.05, 0.1) is 12.1 Å². The van der Waals surface area contributed by atoms with Crippen molar-refractivity contribution in [3.8, 4) is 0 Å². The minimum atomic E-state index is -0.211. The van der Waals surface area contributed by atoms with Crippen molar-refractivity contribution in [2.75, 3.05) is 13.6 Å². The van der Waals surface area contributed by atoms with Gasteiger partial charge in [0, 0.05) is 25.5 Å². The molecule has 0 atom stereocenters. The number of aromatic nitrogens is 1. The zero-order chi connectivity index (χ0) is 12.8. The van der Waals surface area contributed by atoms with Gasteiger partial charge in [-0.1, -0.05) is 0 Å². The van der Waals surface area contributed by atoms with Crippen LogP contribution < -0.4 is 5.32 Å². The summed E-state index contributed by atoms with van der Waals surface area (Å²) in [5.74, 6) is -0.378. The number of carbonyl (C=O) groups excluding carboxylic acids is 2. The quantitative estimate of drug-likeness (QED) is 0.834. The maximum Gasteiger partial charge on any atom is 0.255 e. The molecular formula is C12H17N3O2. The SMILES string of the molecule is CC(C)NC(=O)CN(C)C(=O)c1cccnc1. The normalized spacial score (nSPS) is 10.1. The molecule has 0 aromatic carbocycles. The lowest BCUT2D eigenvalue weighted by Crippen LogP contribution is -2.40. The minimum Gasteiger partial charge on any atom is -0.352 e. The first-order chi connectivity index (χ1) is 8.00. The minimum absolute atomic E-state index is 0.0475. The summed E-state index contributed by atoms with van der Waals surface area (Å²) >= 11 is 0. The van der Waals surface area contributed by atoms with Crippen molar-refractivity contribution in [3.05, 3.63) is 30.1 Å². The van der Waals surface area contributed by atoms with Gasteiger partial charge in [-0.2, -0.15) is 0 Å². The molecule has 1 N–H and O–H groups in total. The van der Waals surface area contributed by atoms with Crippen LogP contribution in [0.3, 0.4) is 0 Å². The van der Waals surface area contributed by atoms with Gasteiger partial charge in [0.1, 0.15) is 0 Å². The summed E-state index contributed by atoms with van der Waals surface area (Å²) in [6.07, 6.45) is 3.08. The molecule has 17 heavy (non-hydrogen) atoms. The Kier molecular flexibility index (Phi) is 4.63. The number of amides is 2. The van der Waals surface area contributed by atoms with E-state index in [2.05, 4.69) is 10.3 Å². The molecular weight excluding hydrogens is 218 g/mol. The van der Waals surface area contributed by atoms with Crippen molar-refractivity contribution < 1.29 is 9.59 Å². The van der Waals surface area contributed by atoms with Crippen LogP contribution in [-0.4, -0.2) is 41.3 Å². The third-order valence-electron chi connectivity index (χ3n) is 2.09. The predicted molar refractivity (Wildman–Crippen MR) is 64.5 cm³/mol. The average Bonchev–Trinajstić information content (AvgIpc) is 2.28. The fraction of sp³-hybridized carbons (Fsp3) is 0.417. The Hall–Kier alpha value is -1.91. The van der Waals surface area contributed by atoms with Gasteiger partial charge < -0.3 is 10.2 Å². The van der Waals surface area contributed by atoms with E-state index in [4.69, 9.17) is 0 Å². The van der Waals surface area contributed by atoms with Crippen molar-refractivity contribution in [2.45, 2.75) is 19.9 Å². The lowest BCUT2D eigenvalue weighted by molar-refractivity contribution is -0.122. The van der Waals surface area contributed by atoms with Gasteiger partial charge in [-0.15, -0.1) is 0 Å². The van der Waals surface area contributed by atoms with E-state index in [0.717, 1.165) is 0 Å². The van der Waals surface area contributed by atoms with E-state index in [0.29, 0.717) is 5.56 Å². The molecule has 0 spiro atoms. The van der Waals surface area contributed by atoms with Gasteiger partial charge in [0.25, 0.3) is 5.91 Å². The van der Waals surface area contributed by atoms with Crippen molar-refractivity contribution in [3.63, 3.8) is 0 Å². The van der Waals surface area contributed by atoms with Crippen molar-refractivity contribution >= 4 is 11.8 Å². The predicted octanol–water partition coefficient (Wildman–Crippen LogP) is 0.678. The maximum atomic E-state index is 11.9. The Bertz CT molecular complexity index is 390. The van der Waals surface area contributed by atoms with Gasteiger partial charge in [0.15, 0.2) is 0 Å². The summed E-state index contributed by atoms with van der Waals surface area (Å²) in [6, 6.07) is 3.44. The van der Waals surface area contributed by atoms with Crippen LogP contribution in [-0.2, 0) is 4.79 Å². The molecule has 1 aromatic heterocycles. The molecule has 1 rings (SSSR count). The van der Waals surface area contributed by atoms with Crippen LogP contribution in [0.5, 0.6) is 0 Å². The second kappa shape index (κ2) is 5.98. The summed E-state index contributed by atoms with van der Waals surface area (Å²) < 4.78 is 0. The standard InChI is InChI=1S/C12H17N3O2/c1-9(2)14-11(16)8-15(3)12(17)10-5-4-6-13-7-10/h4-7,9H,8H2,1-3H3,(H,14,16). The number of pyridine rings is 1. The van der Waals surface area contributed by atoms with Crippen LogP contribution in [0.2, 0.25) is 0 Å². The summed E-state index contributed by atoms with van der Waals surface area (Å²) in [4.78, 5) is 28.6. The summed E-state index contributed by atoms with van der Waals surface area (Å²) in [5.41, 5.74) is 0.479. The average molecular weight is 235 g/mol. The molecule has 0 saturated heterocycles. The molecule has 5 nitrogen and oxygen atoms in total. The van der Waals surface area contributed by atoms with Crippen LogP contribution in [0.4, 0.5) is 0 Å². The number of carbonyl (C=O) groups is 2. The van der Waals surface area contributed by atoms with Crippen molar-refractivity contribution in [1.29, 1.82) is 0 Å². The molecule has 5 heteroatoms. The largest absolute Gasteiger partial charge is 0.352 e. The van der Waals surface area contributed by atoms with E-state index >= 15 is 0 Å². The molecule has 0 aliphatic heterocycles. The molecule has 2 amide bonds. The van der Waals surface area contributed by atoms with E-state index in [9.17, 15) is 9.59 Å². The molecule has 0 unspecified atom stereocenters. The third-order valence-corrected chi connectivity index (χ3v) is 2.09. The lowest BCUT2D eigenvalue weighted by atomic mass is 10.2. The van der Waals surface area contributed by atoms with Gasteiger partial charge in [0.2, 0.25) is 5.91 Å². The highest BCUT2D eigenvalue weighted by atomic mass is 16.2. The lowest BCUT2D eigenvalue weighted by Gasteiger charge is -2.17. The van der Waals surface area contributed by atoms with Crippen molar-refractivity contribution in [1.82, 2.24) is 15.2 Å². The summed E-state index contributed by atoms with van der Waals surface area (Å²) in [7, 11) is 1.59. The van der Waals surface area contributed by atoms with E-state index in [1.807, 2.05) is 13.8 Å². The Morgan fingerprint density at radius 3 is 2.71 bits per heavy atom. The zero-order valence-corrected chi connectivity index (χ0v) is 10.3. The Labute approximate surface area is 101 Å². The fourth-order valence-electron chi connectivity index (χ4n) is 1.36. The molecule has 92 valence electrons. The van der Waals surface area contributed by atoms with Crippen LogP contribution in [0.15, 0.2) is 24.5 Å². The number of rotatable bonds is 4. The molecule has 0 aliphatic rings. The van der Waals surface area contributed by atoms with E-state index < -0.39 is 0 Å². The molecule has 0 fully saturated rings. The Morgan fingerprint density at radius 1 is 1.47 bits per heavy atom. The second-order valence-electron chi connectivity index (χ2n) is 4.13. The van der Waals surface area contributed by atoms with E-state index in [-0.39, 0.29) is 24.4 Å². The Balaban J connectivity index is 2.56. The molecule has 0 bridgehead atoms. The van der Waals surface area contributed by atoms with Gasteiger partial charge in [-0.3, -0.25) is 14.6 Å². The second-order valence-corrected chi connectivity index (χ2v) is 4.13. The van der Waals surface area contributed by atoms with Gasteiger partial charge in [-0.05, 0) is 26.0 Å². The van der Waals surface area contributed by atoms with Crippen LogP contribution in [0, 0.1) is 0 Å². The summed E-state index contributed by atoms with van der Waals surface area (Å²) in [5, 5.41) is 2.73.